The number of aryl methyl sites for hydroxylation is 4. The Hall–Kier alpha value is -3.28. The van der Waals surface area contributed by atoms with Crippen molar-refractivity contribution in [1.82, 2.24) is 19.5 Å². The highest BCUT2D eigenvalue weighted by Crippen LogP contribution is 2.22. The number of H-pyrrole nitrogens is 1. The molecule has 0 aliphatic carbocycles. The zero-order chi connectivity index (χ0) is 19.0. The number of nitrogens with one attached hydrogen (secondary N) is 1. The quantitative estimate of drug-likeness (QED) is 0.568. The van der Waals surface area contributed by atoms with Gasteiger partial charge in [-0.3, -0.25) is 9.78 Å². The molecule has 2 aliphatic heterocycles. The van der Waals surface area contributed by atoms with Gasteiger partial charge >= 0.3 is 5.69 Å². The van der Waals surface area contributed by atoms with Crippen LogP contribution < -0.4 is 11.2 Å². The summed E-state index contributed by atoms with van der Waals surface area (Å²) in [5.74, 6) is 0.339. The molecule has 0 spiro atoms. The maximum atomic E-state index is 12.2. The number of rotatable bonds is 4. The molecule has 0 fully saturated rings. The van der Waals surface area contributed by atoms with Crippen LogP contribution in [0.4, 0.5) is 0 Å². The van der Waals surface area contributed by atoms with E-state index in [2.05, 4.69) is 46.1 Å². The molecule has 2 heterocycles. The minimum atomic E-state index is -0.645. The lowest BCUT2D eigenvalue weighted by Gasteiger charge is -2.17. The molecule has 0 saturated heterocycles. The molecular weight excluding hydrogens is 340 g/mol. The Labute approximate surface area is 155 Å². The summed E-state index contributed by atoms with van der Waals surface area (Å²) in [6.07, 6.45) is 1.76. The van der Waals surface area contributed by atoms with Crippen LogP contribution in [-0.2, 0) is 13.0 Å². The molecule has 0 radical (unpaired) electrons. The van der Waals surface area contributed by atoms with Crippen LogP contribution in [0, 0.1) is 13.8 Å². The van der Waals surface area contributed by atoms with Crippen molar-refractivity contribution in [3.05, 3.63) is 80.0 Å². The Balaban J connectivity index is 1.78. The van der Waals surface area contributed by atoms with E-state index >= 15 is 0 Å². The Kier molecular flexibility index (Phi) is 4.32. The second-order valence-electron chi connectivity index (χ2n) is 6.89. The second-order valence-corrected chi connectivity index (χ2v) is 6.89. The average molecular weight is 360 g/mol. The van der Waals surface area contributed by atoms with Crippen LogP contribution in [0.2, 0.25) is 0 Å². The van der Waals surface area contributed by atoms with Crippen molar-refractivity contribution in [2.24, 2.45) is 0 Å². The van der Waals surface area contributed by atoms with Crippen molar-refractivity contribution in [2.45, 2.75) is 33.2 Å². The summed E-state index contributed by atoms with van der Waals surface area (Å²) in [5, 5.41) is 0. The molecule has 6 nitrogen and oxygen atoms in total. The van der Waals surface area contributed by atoms with E-state index in [-0.39, 0.29) is 5.69 Å². The highest BCUT2D eigenvalue weighted by atomic mass is 16.2. The molecule has 0 aromatic heterocycles. The van der Waals surface area contributed by atoms with Crippen LogP contribution in [0.1, 0.15) is 23.1 Å². The largest absolute Gasteiger partial charge is 0.349 e. The van der Waals surface area contributed by atoms with Crippen molar-refractivity contribution < 1.29 is 0 Å². The van der Waals surface area contributed by atoms with E-state index in [4.69, 9.17) is 0 Å². The van der Waals surface area contributed by atoms with Crippen molar-refractivity contribution >= 4 is 11.0 Å². The van der Waals surface area contributed by atoms with Gasteiger partial charge in [-0.05, 0) is 49.9 Å². The summed E-state index contributed by atoms with van der Waals surface area (Å²) in [7, 11) is 0. The van der Waals surface area contributed by atoms with E-state index in [0.29, 0.717) is 12.4 Å². The summed E-state index contributed by atoms with van der Waals surface area (Å²) >= 11 is 0. The molecule has 2 aromatic rings. The smallest absolute Gasteiger partial charge is 0.322 e. The zero-order valence-electron chi connectivity index (χ0n) is 15.3. The van der Waals surface area contributed by atoms with Gasteiger partial charge in [0.25, 0.3) is 5.56 Å². The maximum Gasteiger partial charge on any atom is 0.349 e. The van der Waals surface area contributed by atoms with Gasteiger partial charge in [0.15, 0.2) is 11.5 Å². The fourth-order valence-corrected chi connectivity index (χ4v) is 3.33. The molecule has 0 amide bonds. The highest BCUT2D eigenvalue weighted by molar-refractivity contribution is 5.80. The molecule has 6 heteroatoms. The Bertz CT molecular complexity index is 1210. The zero-order valence-corrected chi connectivity index (χ0v) is 15.3. The highest BCUT2D eigenvalue weighted by Gasteiger charge is 2.18. The first-order chi connectivity index (χ1) is 13.0. The minimum Gasteiger partial charge on any atom is -0.322 e. The van der Waals surface area contributed by atoms with Crippen molar-refractivity contribution in [3.63, 3.8) is 0 Å². The van der Waals surface area contributed by atoms with Gasteiger partial charge in [0.1, 0.15) is 0 Å². The van der Waals surface area contributed by atoms with Gasteiger partial charge in [-0.15, -0.1) is 0 Å². The van der Waals surface area contributed by atoms with Gasteiger partial charge in [0.05, 0.1) is 11.0 Å². The van der Waals surface area contributed by atoms with Gasteiger partial charge in [-0.2, -0.15) is 4.98 Å². The third kappa shape index (κ3) is 3.38. The summed E-state index contributed by atoms with van der Waals surface area (Å²) < 4.78 is 1.94. The number of fused-ring (bicyclic) bond motifs is 2. The number of hydrogen-bond donors (Lipinski definition) is 1. The summed E-state index contributed by atoms with van der Waals surface area (Å²) in [4.78, 5) is 34.7. The van der Waals surface area contributed by atoms with Crippen molar-refractivity contribution in [2.75, 3.05) is 0 Å². The minimum absolute atomic E-state index is 0.196. The van der Waals surface area contributed by atoms with Crippen LogP contribution in [0.3, 0.4) is 0 Å². The number of nitrogens with zero attached hydrogens (tertiary/aromatic N) is 3. The first-order valence-corrected chi connectivity index (χ1v) is 8.98. The molecule has 0 saturated carbocycles. The van der Waals surface area contributed by atoms with Crippen LogP contribution in [0.15, 0.2) is 52.1 Å². The summed E-state index contributed by atoms with van der Waals surface area (Å²) in [6.45, 7) is 4.72. The average Bonchev–Trinajstić information content (AvgIpc) is 2.63. The van der Waals surface area contributed by atoms with E-state index in [1.807, 2.05) is 29.7 Å². The summed E-state index contributed by atoms with van der Waals surface area (Å²) in [6, 6.07) is 14.3. The van der Waals surface area contributed by atoms with Crippen LogP contribution in [-0.4, -0.2) is 19.5 Å². The van der Waals surface area contributed by atoms with E-state index in [9.17, 15) is 9.59 Å². The number of benzene rings is 2. The lowest BCUT2D eigenvalue weighted by atomic mass is 10.1. The van der Waals surface area contributed by atoms with Gasteiger partial charge in [0.2, 0.25) is 0 Å². The van der Waals surface area contributed by atoms with Gasteiger partial charge < -0.3 is 4.57 Å². The topological polar surface area (TPSA) is 80.6 Å². The molecule has 0 bridgehead atoms. The van der Waals surface area contributed by atoms with E-state index in [1.165, 1.54) is 11.1 Å². The first kappa shape index (κ1) is 17.1. The van der Waals surface area contributed by atoms with E-state index in [1.54, 1.807) is 0 Å². The number of hydrogen-bond acceptors (Lipinski definition) is 4. The van der Waals surface area contributed by atoms with Gasteiger partial charge in [-0.25, -0.2) is 9.78 Å². The number of aromatic amines is 1. The molecule has 0 unspecified atom stereocenters. The standard InChI is InChI=1S/C21H20N4O2/c1-13-5-8-15(9-6-13)4-3-11-25-17-12-14(2)7-10-16(17)22-18-19(25)23-21(27)24-20(18)26/h5-10,12H,3-4,11H2,1-2H3,(H,24,26,27). The van der Waals surface area contributed by atoms with Crippen LogP contribution in [0.25, 0.3) is 22.6 Å². The Morgan fingerprint density at radius 2 is 1.70 bits per heavy atom. The van der Waals surface area contributed by atoms with Crippen molar-refractivity contribution in [3.8, 4) is 11.5 Å². The molecule has 2 aliphatic rings. The molecule has 136 valence electrons. The normalized spacial score (nSPS) is 11.3. The molecule has 2 aromatic carbocycles. The first-order valence-electron chi connectivity index (χ1n) is 8.98. The van der Waals surface area contributed by atoms with Crippen LogP contribution >= 0.6 is 0 Å². The Morgan fingerprint density at radius 1 is 0.963 bits per heavy atom. The lowest BCUT2D eigenvalue weighted by Crippen LogP contribution is -2.29. The third-order valence-electron chi connectivity index (χ3n) is 4.73. The van der Waals surface area contributed by atoms with E-state index < -0.39 is 11.2 Å². The molecule has 4 rings (SSSR count). The second kappa shape index (κ2) is 6.79. The SMILES string of the molecule is Cc1ccc(CCCn2c3nc(=O)[nH]c(=O)c-3nc3ccc(C)cc32)cc1. The molecule has 1 N–H and O–H groups in total. The third-order valence-corrected chi connectivity index (χ3v) is 4.73. The van der Waals surface area contributed by atoms with E-state index in [0.717, 1.165) is 29.4 Å². The Morgan fingerprint density at radius 3 is 2.48 bits per heavy atom. The fraction of sp³-hybridized carbons (Fsp3) is 0.238. The van der Waals surface area contributed by atoms with Crippen molar-refractivity contribution in [1.29, 1.82) is 0 Å². The monoisotopic (exact) mass is 360 g/mol. The molecule has 27 heavy (non-hydrogen) atoms. The lowest BCUT2D eigenvalue weighted by molar-refractivity contribution is 0.648. The number of aromatic nitrogens is 4. The predicted molar refractivity (Wildman–Crippen MR) is 105 cm³/mol. The molecule has 0 atom stereocenters. The van der Waals surface area contributed by atoms with Gasteiger partial charge in [0, 0.05) is 6.54 Å². The molecular formula is C21H20N4O2. The maximum absolute atomic E-state index is 12.2. The van der Waals surface area contributed by atoms with Crippen LogP contribution in [0.5, 0.6) is 0 Å². The van der Waals surface area contributed by atoms with Gasteiger partial charge in [-0.1, -0.05) is 35.9 Å². The predicted octanol–water partition coefficient (Wildman–Crippen LogP) is 2.83. The summed E-state index contributed by atoms with van der Waals surface area (Å²) in [5.41, 5.74) is 4.23. The fourth-order valence-electron chi connectivity index (χ4n) is 3.33.